The number of hydrogen-bond donors (Lipinski definition) is 2. The highest BCUT2D eigenvalue weighted by molar-refractivity contribution is 9.10. The van der Waals surface area contributed by atoms with Gasteiger partial charge in [0.1, 0.15) is 0 Å². The first-order chi connectivity index (χ1) is 9.69. The van der Waals surface area contributed by atoms with Gasteiger partial charge in [0.2, 0.25) is 0 Å². The van der Waals surface area contributed by atoms with Gasteiger partial charge in [-0.25, -0.2) is 0 Å². The Kier molecular flexibility index (Phi) is 4.71. The molecule has 0 aliphatic heterocycles. The number of hydrogen-bond acceptors (Lipinski definition) is 2. The lowest BCUT2D eigenvalue weighted by Crippen LogP contribution is -2.33. The molecule has 2 aliphatic carbocycles. The molecule has 4 heteroatoms. The van der Waals surface area contributed by atoms with Crippen LogP contribution in [0.25, 0.3) is 0 Å². The first-order valence-corrected chi connectivity index (χ1v) is 8.74. The van der Waals surface area contributed by atoms with Gasteiger partial charge < -0.3 is 11.1 Å². The summed E-state index contributed by atoms with van der Waals surface area (Å²) in [5, 5.41) is 4.46. The van der Waals surface area contributed by atoms with E-state index in [4.69, 9.17) is 17.3 Å². The zero-order chi connectivity index (χ0) is 14.1. The molecular weight excluding hydrogens is 336 g/mol. The summed E-state index contributed by atoms with van der Waals surface area (Å²) in [5.74, 6) is 2.78. The topological polar surface area (TPSA) is 38.0 Å². The van der Waals surface area contributed by atoms with Gasteiger partial charge in [0.15, 0.2) is 0 Å². The fraction of sp³-hybridized carbons (Fsp3) is 0.625. The Morgan fingerprint density at radius 1 is 1.25 bits per heavy atom. The van der Waals surface area contributed by atoms with Gasteiger partial charge in [0, 0.05) is 22.1 Å². The van der Waals surface area contributed by atoms with Crippen molar-refractivity contribution in [2.45, 2.75) is 31.7 Å². The van der Waals surface area contributed by atoms with Crippen molar-refractivity contribution in [3.05, 3.63) is 33.3 Å². The maximum absolute atomic E-state index is 6.32. The van der Waals surface area contributed by atoms with Crippen LogP contribution >= 0.6 is 27.5 Å². The average Bonchev–Trinajstić information content (AvgIpc) is 3.30. The largest absolute Gasteiger partial charge is 0.329 e. The summed E-state index contributed by atoms with van der Waals surface area (Å²) in [4.78, 5) is 0. The maximum Gasteiger partial charge on any atom is 0.0459 e. The van der Waals surface area contributed by atoms with E-state index in [1.165, 1.54) is 25.7 Å². The third-order valence-corrected chi connectivity index (χ3v) is 5.46. The molecule has 0 saturated heterocycles. The third kappa shape index (κ3) is 3.56. The van der Waals surface area contributed by atoms with Crippen molar-refractivity contribution < 1.29 is 0 Å². The Morgan fingerprint density at radius 3 is 2.45 bits per heavy atom. The van der Waals surface area contributed by atoms with E-state index < -0.39 is 0 Å². The van der Waals surface area contributed by atoms with E-state index in [2.05, 4.69) is 27.3 Å². The molecule has 1 atom stereocenters. The van der Waals surface area contributed by atoms with Crippen molar-refractivity contribution in [2.75, 3.05) is 13.1 Å². The zero-order valence-electron chi connectivity index (χ0n) is 11.6. The van der Waals surface area contributed by atoms with E-state index in [0.717, 1.165) is 39.4 Å². The van der Waals surface area contributed by atoms with Crippen LogP contribution in [-0.4, -0.2) is 13.1 Å². The highest BCUT2D eigenvalue weighted by Crippen LogP contribution is 2.49. The minimum Gasteiger partial charge on any atom is -0.329 e. The van der Waals surface area contributed by atoms with Crippen LogP contribution in [0.4, 0.5) is 0 Å². The normalized spacial score (nSPS) is 20.4. The molecule has 2 fully saturated rings. The van der Waals surface area contributed by atoms with Crippen molar-refractivity contribution in [3.8, 4) is 0 Å². The summed E-state index contributed by atoms with van der Waals surface area (Å²) in [5.41, 5.74) is 7.06. The molecular formula is C16H22BrClN2. The van der Waals surface area contributed by atoms with Gasteiger partial charge in [-0.1, -0.05) is 27.5 Å². The van der Waals surface area contributed by atoms with Crippen molar-refractivity contribution in [3.63, 3.8) is 0 Å². The lowest BCUT2D eigenvalue weighted by molar-refractivity contribution is 0.357. The summed E-state index contributed by atoms with van der Waals surface area (Å²) in [7, 11) is 0. The molecule has 0 spiro atoms. The Balaban J connectivity index is 1.65. The van der Waals surface area contributed by atoms with Gasteiger partial charge in [-0.3, -0.25) is 0 Å². The molecule has 2 saturated carbocycles. The highest BCUT2D eigenvalue weighted by atomic mass is 79.9. The number of rotatable bonds is 7. The predicted octanol–water partition coefficient (Wildman–Crippen LogP) is 4.13. The summed E-state index contributed by atoms with van der Waals surface area (Å²) < 4.78 is 1.05. The van der Waals surface area contributed by atoms with Crippen LogP contribution in [0.1, 0.15) is 37.3 Å². The molecule has 1 aromatic carbocycles. The maximum atomic E-state index is 6.32. The molecule has 0 bridgehead atoms. The Bertz CT molecular complexity index is 460. The van der Waals surface area contributed by atoms with Crippen LogP contribution in [0, 0.1) is 17.8 Å². The van der Waals surface area contributed by atoms with Crippen LogP contribution in [0.2, 0.25) is 5.02 Å². The smallest absolute Gasteiger partial charge is 0.0459 e. The molecule has 2 nitrogen and oxygen atoms in total. The van der Waals surface area contributed by atoms with Crippen LogP contribution in [0.3, 0.4) is 0 Å². The van der Waals surface area contributed by atoms with E-state index in [9.17, 15) is 0 Å². The monoisotopic (exact) mass is 356 g/mol. The van der Waals surface area contributed by atoms with Gasteiger partial charge in [-0.2, -0.15) is 0 Å². The molecule has 0 heterocycles. The first-order valence-electron chi connectivity index (χ1n) is 7.57. The molecule has 3 rings (SSSR count). The Hall–Kier alpha value is -0.0900. The second-order valence-corrected chi connectivity index (χ2v) is 7.52. The molecule has 0 amide bonds. The number of benzene rings is 1. The lowest BCUT2D eigenvalue weighted by atomic mass is 9.97. The second-order valence-electron chi connectivity index (χ2n) is 6.20. The second kappa shape index (κ2) is 6.35. The van der Waals surface area contributed by atoms with Crippen molar-refractivity contribution >= 4 is 27.5 Å². The molecule has 110 valence electrons. The molecule has 3 N–H and O–H groups in total. The third-order valence-electron chi connectivity index (χ3n) is 4.62. The Labute approximate surface area is 134 Å². The van der Waals surface area contributed by atoms with Gasteiger partial charge in [0.05, 0.1) is 0 Å². The van der Waals surface area contributed by atoms with Crippen molar-refractivity contribution in [1.29, 1.82) is 0 Å². The average molecular weight is 358 g/mol. The van der Waals surface area contributed by atoms with Crippen molar-refractivity contribution in [1.82, 2.24) is 5.32 Å². The molecule has 2 aliphatic rings. The first kappa shape index (κ1) is 14.8. The molecule has 0 radical (unpaired) electrons. The van der Waals surface area contributed by atoms with Gasteiger partial charge in [-0.05, 0) is 73.7 Å². The van der Waals surface area contributed by atoms with Gasteiger partial charge in [0.25, 0.3) is 0 Å². The van der Waals surface area contributed by atoms with E-state index in [1.807, 2.05) is 12.1 Å². The van der Waals surface area contributed by atoms with Crippen LogP contribution in [0.15, 0.2) is 22.7 Å². The lowest BCUT2D eigenvalue weighted by Gasteiger charge is -2.23. The highest BCUT2D eigenvalue weighted by Gasteiger charge is 2.41. The molecule has 1 unspecified atom stereocenters. The number of nitrogens with two attached hydrogens (primary N) is 1. The zero-order valence-corrected chi connectivity index (χ0v) is 14.0. The minimum atomic E-state index is 0.153. The van der Waals surface area contributed by atoms with E-state index in [-0.39, 0.29) is 6.04 Å². The van der Waals surface area contributed by atoms with Gasteiger partial charge in [-0.15, -0.1) is 0 Å². The quantitative estimate of drug-likeness (QED) is 0.770. The number of nitrogens with one attached hydrogen (secondary N) is 1. The fourth-order valence-corrected chi connectivity index (χ4v) is 3.78. The van der Waals surface area contributed by atoms with E-state index in [0.29, 0.717) is 6.54 Å². The van der Waals surface area contributed by atoms with Crippen LogP contribution < -0.4 is 11.1 Å². The van der Waals surface area contributed by atoms with E-state index in [1.54, 1.807) is 0 Å². The summed E-state index contributed by atoms with van der Waals surface area (Å²) in [6, 6.07) is 6.14. The SMILES string of the molecule is NCC(NCC(C1CC1)C1CC1)c1cc(Br)ccc1Cl. The summed E-state index contributed by atoms with van der Waals surface area (Å²) >= 11 is 9.83. The minimum absolute atomic E-state index is 0.153. The standard InChI is InChI=1S/C16H22BrClN2/c17-12-5-6-15(18)13(7-12)16(8-19)20-9-14(10-1-2-10)11-3-4-11/h5-7,10-11,14,16,20H,1-4,8-9,19H2. The van der Waals surface area contributed by atoms with E-state index >= 15 is 0 Å². The van der Waals surface area contributed by atoms with Gasteiger partial charge >= 0.3 is 0 Å². The molecule has 0 aromatic heterocycles. The summed E-state index contributed by atoms with van der Waals surface area (Å²) in [6.07, 6.45) is 5.70. The molecule has 1 aromatic rings. The number of halogens is 2. The van der Waals surface area contributed by atoms with Crippen molar-refractivity contribution in [2.24, 2.45) is 23.5 Å². The Morgan fingerprint density at radius 2 is 1.90 bits per heavy atom. The molecule has 20 heavy (non-hydrogen) atoms. The van der Waals surface area contributed by atoms with Crippen LogP contribution in [0.5, 0.6) is 0 Å². The van der Waals surface area contributed by atoms with Crippen LogP contribution in [-0.2, 0) is 0 Å². The summed E-state index contributed by atoms with van der Waals surface area (Å²) in [6.45, 7) is 1.66. The fourth-order valence-electron chi connectivity index (χ4n) is 3.15. The predicted molar refractivity (Wildman–Crippen MR) is 87.9 cm³/mol.